The highest BCUT2D eigenvalue weighted by Crippen LogP contribution is 2.21. The Labute approximate surface area is 188 Å². The summed E-state index contributed by atoms with van der Waals surface area (Å²) in [6.45, 7) is 0.692. The summed E-state index contributed by atoms with van der Waals surface area (Å²) in [4.78, 5) is 26.2. The number of carbonyl (C=O) groups is 1. The normalized spacial score (nSPS) is 16.7. The minimum Gasteiger partial charge on any atom is -0.394 e. The van der Waals surface area contributed by atoms with Crippen LogP contribution in [0.5, 0.6) is 0 Å². The van der Waals surface area contributed by atoms with Crippen molar-refractivity contribution in [3.05, 3.63) is 81.4 Å². The van der Waals surface area contributed by atoms with Gasteiger partial charge in [0, 0.05) is 23.1 Å². The Hall–Kier alpha value is -3.07. The third-order valence-electron chi connectivity index (χ3n) is 5.40. The highest BCUT2D eigenvalue weighted by atomic mass is 35.5. The molecule has 0 bridgehead atoms. The number of nitrogens with one attached hydrogen (secondary N) is 1. The van der Waals surface area contributed by atoms with E-state index in [9.17, 15) is 19.1 Å². The van der Waals surface area contributed by atoms with E-state index < -0.39 is 23.3 Å². The van der Waals surface area contributed by atoms with Gasteiger partial charge in [-0.1, -0.05) is 29.8 Å². The van der Waals surface area contributed by atoms with Crippen LogP contribution in [-0.4, -0.2) is 46.7 Å². The van der Waals surface area contributed by atoms with Crippen molar-refractivity contribution in [1.29, 1.82) is 0 Å². The summed E-state index contributed by atoms with van der Waals surface area (Å²) in [5.41, 5.74) is 0.261. The summed E-state index contributed by atoms with van der Waals surface area (Å²) in [5.74, 6) is -1.24. The predicted molar refractivity (Wildman–Crippen MR) is 118 cm³/mol. The molecule has 1 saturated heterocycles. The van der Waals surface area contributed by atoms with E-state index in [1.54, 1.807) is 24.3 Å². The SMILES string of the molecule is O=C(NC(CO)C1CCOC1)c1cc(-c2ccc(Cl)cc2)nn(-c2cccc(F)c2)c1=O. The van der Waals surface area contributed by atoms with E-state index in [1.165, 1.54) is 24.3 Å². The second-order valence-electron chi connectivity index (χ2n) is 7.53. The largest absolute Gasteiger partial charge is 0.394 e. The summed E-state index contributed by atoms with van der Waals surface area (Å²) >= 11 is 5.97. The fourth-order valence-electron chi connectivity index (χ4n) is 3.63. The molecule has 166 valence electrons. The van der Waals surface area contributed by atoms with E-state index in [-0.39, 0.29) is 23.8 Å². The second kappa shape index (κ2) is 9.60. The number of ether oxygens (including phenoxy) is 1. The molecule has 7 nitrogen and oxygen atoms in total. The third kappa shape index (κ3) is 4.72. The monoisotopic (exact) mass is 457 g/mol. The summed E-state index contributed by atoms with van der Waals surface area (Å²) in [5, 5.41) is 17.4. The number of rotatable bonds is 6. The molecular weight excluding hydrogens is 437 g/mol. The number of amides is 1. The molecule has 1 aliphatic rings. The molecular formula is C23H21ClFN3O4. The highest BCUT2D eigenvalue weighted by Gasteiger charge is 2.28. The van der Waals surface area contributed by atoms with E-state index >= 15 is 0 Å². The van der Waals surface area contributed by atoms with Crippen LogP contribution in [0.3, 0.4) is 0 Å². The van der Waals surface area contributed by atoms with Crippen LogP contribution in [0.2, 0.25) is 5.02 Å². The average Bonchev–Trinajstić information content (AvgIpc) is 3.33. The van der Waals surface area contributed by atoms with Gasteiger partial charge in [0.2, 0.25) is 0 Å². The lowest BCUT2D eigenvalue weighted by atomic mass is 9.99. The van der Waals surface area contributed by atoms with Gasteiger partial charge >= 0.3 is 0 Å². The lowest BCUT2D eigenvalue weighted by molar-refractivity contribution is 0.0875. The standard InChI is InChI=1S/C23H21ClFN3O4/c24-16-6-4-14(5-7-16)20-11-19(22(30)26-21(12-29)15-8-9-32-13-15)23(31)28(27-20)18-3-1-2-17(25)10-18/h1-7,10-11,15,21,29H,8-9,12-13H2,(H,26,30). The number of carbonyl (C=O) groups excluding carboxylic acids is 1. The molecule has 2 N–H and O–H groups in total. The number of aliphatic hydroxyl groups excluding tert-OH is 1. The molecule has 3 aromatic rings. The van der Waals surface area contributed by atoms with Crippen LogP contribution in [0.4, 0.5) is 4.39 Å². The number of nitrogens with zero attached hydrogens (tertiary/aromatic N) is 2. The Morgan fingerprint density at radius 3 is 2.72 bits per heavy atom. The van der Waals surface area contributed by atoms with E-state index in [2.05, 4.69) is 10.4 Å². The van der Waals surface area contributed by atoms with Crippen LogP contribution in [0.25, 0.3) is 16.9 Å². The van der Waals surface area contributed by atoms with Crippen molar-refractivity contribution < 1.29 is 19.0 Å². The zero-order valence-electron chi connectivity index (χ0n) is 17.0. The minimum atomic E-state index is -0.704. The van der Waals surface area contributed by atoms with E-state index in [0.29, 0.717) is 35.9 Å². The van der Waals surface area contributed by atoms with Crippen molar-refractivity contribution in [1.82, 2.24) is 15.1 Å². The molecule has 0 aliphatic carbocycles. The predicted octanol–water partition coefficient (Wildman–Crippen LogP) is 2.82. The molecule has 1 fully saturated rings. The quantitative estimate of drug-likeness (QED) is 0.593. The van der Waals surface area contributed by atoms with Gasteiger partial charge in [-0.25, -0.2) is 4.39 Å². The average molecular weight is 458 g/mol. The van der Waals surface area contributed by atoms with Crippen molar-refractivity contribution in [2.24, 2.45) is 5.92 Å². The molecule has 1 amide bonds. The molecule has 0 radical (unpaired) electrons. The van der Waals surface area contributed by atoms with Gasteiger partial charge in [0.25, 0.3) is 11.5 Å². The number of benzene rings is 2. The Balaban J connectivity index is 1.78. The molecule has 0 spiro atoms. The summed E-state index contributed by atoms with van der Waals surface area (Å²) in [6.07, 6.45) is 0.700. The van der Waals surface area contributed by atoms with Gasteiger partial charge in [-0.15, -0.1) is 0 Å². The lowest BCUT2D eigenvalue weighted by Gasteiger charge is -2.21. The Morgan fingerprint density at radius 1 is 1.28 bits per heavy atom. The smallest absolute Gasteiger partial charge is 0.284 e. The number of hydrogen-bond acceptors (Lipinski definition) is 5. The van der Waals surface area contributed by atoms with Crippen molar-refractivity contribution in [2.45, 2.75) is 12.5 Å². The van der Waals surface area contributed by atoms with Gasteiger partial charge in [-0.3, -0.25) is 9.59 Å². The number of hydrogen-bond donors (Lipinski definition) is 2. The number of aliphatic hydroxyl groups is 1. The molecule has 9 heteroatoms. The first kappa shape index (κ1) is 22.1. The number of halogens is 2. The summed E-state index contributed by atoms with van der Waals surface area (Å²) in [6, 6.07) is 13.0. The zero-order valence-corrected chi connectivity index (χ0v) is 17.8. The van der Waals surface area contributed by atoms with Crippen molar-refractivity contribution in [3.63, 3.8) is 0 Å². The topological polar surface area (TPSA) is 93.4 Å². The van der Waals surface area contributed by atoms with Crippen LogP contribution in [0.15, 0.2) is 59.4 Å². The highest BCUT2D eigenvalue weighted by molar-refractivity contribution is 6.30. The van der Waals surface area contributed by atoms with Crippen molar-refractivity contribution in [2.75, 3.05) is 19.8 Å². The van der Waals surface area contributed by atoms with E-state index in [0.717, 1.165) is 10.7 Å². The molecule has 4 rings (SSSR count). The van der Waals surface area contributed by atoms with E-state index in [1.807, 2.05) is 0 Å². The third-order valence-corrected chi connectivity index (χ3v) is 5.65. The minimum absolute atomic E-state index is 0.0491. The molecule has 2 unspecified atom stereocenters. The van der Waals surface area contributed by atoms with Crippen molar-refractivity contribution >= 4 is 17.5 Å². The first-order chi connectivity index (χ1) is 15.5. The van der Waals surface area contributed by atoms with Gasteiger partial charge in [0.1, 0.15) is 11.4 Å². The van der Waals surface area contributed by atoms with Gasteiger partial charge in [0.05, 0.1) is 30.6 Å². The van der Waals surface area contributed by atoms with E-state index in [4.69, 9.17) is 16.3 Å². The summed E-state index contributed by atoms with van der Waals surface area (Å²) in [7, 11) is 0. The lowest BCUT2D eigenvalue weighted by Crippen LogP contribution is -2.45. The fourth-order valence-corrected chi connectivity index (χ4v) is 3.76. The van der Waals surface area contributed by atoms with Gasteiger partial charge in [-0.2, -0.15) is 9.78 Å². The first-order valence-corrected chi connectivity index (χ1v) is 10.5. The maximum atomic E-state index is 13.8. The van der Waals surface area contributed by atoms with Crippen LogP contribution in [-0.2, 0) is 4.74 Å². The maximum absolute atomic E-state index is 13.8. The molecule has 2 atom stereocenters. The molecule has 1 aromatic heterocycles. The Bertz CT molecular complexity index is 1180. The van der Waals surface area contributed by atoms with Crippen LogP contribution in [0, 0.1) is 11.7 Å². The molecule has 32 heavy (non-hydrogen) atoms. The van der Waals surface area contributed by atoms with Crippen LogP contribution in [0.1, 0.15) is 16.8 Å². The Kier molecular flexibility index (Phi) is 6.64. The molecule has 2 heterocycles. The summed E-state index contributed by atoms with van der Waals surface area (Å²) < 4.78 is 20.2. The second-order valence-corrected chi connectivity index (χ2v) is 7.97. The molecule has 0 saturated carbocycles. The van der Waals surface area contributed by atoms with Crippen LogP contribution >= 0.6 is 11.6 Å². The number of aromatic nitrogens is 2. The van der Waals surface area contributed by atoms with Gasteiger partial charge in [-0.05, 0) is 42.8 Å². The zero-order chi connectivity index (χ0) is 22.7. The first-order valence-electron chi connectivity index (χ1n) is 10.1. The van der Waals surface area contributed by atoms with Gasteiger partial charge < -0.3 is 15.2 Å². The van der Waals surface area contributed by atoms with Crippen LogP contribution < -0.4 is 10.9 Å². The Morgan fingerprint density at radius 2 is 2.06 bits per heavy atom. The fraction of sp³-hybridized carbons (Fsp3) is 0.261. The molecule has 2 aromatic carbocycles. The maximum Gasteiger partial charge on any atom is 0.284 e. The molecule has 1 aliphatic heterocycles. The van der Waals surface area contributed by atoms with Gasteiger partial charge in [0.15, 0.2) is 0 Å². The van der Waals surface area contributed by atoms with Crippen molar-refractivity contribution in [3.8, 4) is 16.9 Å².